The van der Waals surface area contributed by atoms with Crippen LogP contribution in [0, 0.1) is 11.3 Å². The van der Waals surface area contributed by atoms with Gasteiger partial charge < -0.3 is 10.2 Å². The van der Waals surface area contributed by atoms with Crippen LogP contribution in [0.15, 0.2) is 24.3 Å². The fraction of sp³-hybridized carbons (Fsp3) is 0.500. The first-order chi connectivity index (χ1) is 8.85. The van der Waals surface area contributed by atoms with E-state index in [1.54, 1.807) is 0 Å². The molecule has 0 atom stereocenters. The van der Waals surface area contributed by atoms with Gasteiger partial charge in [0.1, 0.15) is 6.07 Å². The van der Waals surface area contributed by atoms with Gasteiger partial charge in [0.15, 0.2) is 0 Å². The minimum atomic E-state index is 0.779. The van der Waals surface area contributed by atoms with Crippen molar-refractivity contribution in [2.45, 2.75) is 0 Å². The first-order valence-corrected chi connectivity index (χ1v) is 6.46. The molecule has 1 N–H and O–H groups in total. The van der Waals surface area contributed by atoms with E-state index in [0.29, 0.717) is 0 Å². The van der Waals surface area contributed by atoms with Crippen molar-refractivity contribution in [2.24, 2.45) is 0 Å². The van der Waals surface area contributed by atoms with Crippen LogP contribution in [0.1, 0.15) is 5.56 Å². The molecule has 0 saturated carbocycles. The average Bonchev–Trinajstić information content (AvgIpc) is 2.45. The molecule has 1 heterocycles. The molecule has 1 aromatic carbocycles. The summed E-state index contributed by atoms with van der Waals surface area (Å²) in [5, 5.41) is 12.3. The van der Waals surface area contributed by atoms with Crippen LogP contribution in [0.25, 0.3) is 0 Å². The second kappa shape index (κ2) is 6.39. The minimum absolute atomic E-state index is 0.779. The number of anilines is 1. The summed E-state index contributed by atoms with van der Waals surface area (Å²) in [6.45, 7) is 6.28. The molecule has 1 saturated heterocycles. The van der Waals surface area contributed by atoms with Crippen molar-refractivity contribution in [2.75, 3.05) is 51.2 Å². The Morgan fingerprint density at radius 1 is 1.22 bits per heavy atom. The van der Waals surface area contributed by atoms with Crippen LogP contribution in [0.5, 0.6) is 0 Å². The minimum Gasteiger partial charge on any atom is -0.368 e. The molecular formula is C14H20N4. The predicted molar refractivity (Wildman–Crippen MR) is 73.7 cm³/mol. The van der Waals surface area contributed by atoms with Crippen molar-refractivity contribution in [1.82, 2.24) is 10.2 Å². The molecule has 1 aliphatic heterocycles. The Hall–Kier alpha value is -1.57. The standard InChI is InChI=1S/C14H20N4/c1-16-6-7-17-8-10-18(11-9-17)14-5-3-2-4-13(14)12-15/h2-5,16H,6-11H2,1H3. The molecule has 96 valence electrons. The predicted octanol–water partition coefficient (Wildman–Crippen LogP) is 0.900. The Morgan fingerprint density at radius 3 is 2.61 bits per heavy atom. The third kappa shape index (κ3) is 3.00. The highest BCUT2D eigenvalue weighted by atomic mass is 15.3. The van der Waals surface area contributed by atoms with E-state index in [-0.39, 0.29) is 0 Å². The molecule has 0 bridgehead atoms. The van der Waals surface area contributed by atoms with Crippen LogP contribution in [-0.4, -0.2) is 51.2 Å². The Balaban J connectivity index is 1.95. The van der Waals surface area contributed by atoms with Crippen molar-refractivity contribution in [3.8, 4) is 6.07 Å². The molecule has 0 spiro atoms. The van der Waals surface area contributed by atoms with Crippen molar-refractivity contribution >= 4 is 5.69 Å². The second-order valence-electron chi connectivity index (χ2n) is 4.56. The van der Waals surface area contributed by atoms with Gasteiger partial charge in [-0.25, -0.2) is 0 Å². The number of hydrogen-bond donors (Lipinski definition) is 1. The van der Waals surface area contributed by atoms with E-state index < -0.39 is 0 Å². The number of para-hydroxylation sites is 1. The zero-order chi connectivity index (χ0) is 12.8. The van der Waals surface area contributed by atoms with Gasteiger partial charge in [-0.1, -0.05) is 12.1 Å². The topological polar surface area (TPSA) is 42.3 Å². The molecule has 0 radical (unpaired) electrons. The molecule has 4 nitrogen and oxygen atoms in total. The van der Waals surface area contributed by atoms with Gasteiger partial charge in [-0.05, 0) is 19.2 Å². The SMILES string of the molecule is CNCCN1CCN(c2ccccc2C#N)CC1. The number of benzene rings is 1. The monoisotopic (exact) mass is 244 g/mol. The number of rotatable bonds is 4. The lowest BCUT2D eigenvalue weighted by atomic mass is 10.1. The molecular weight excluding hydrogens is 224 g/mol. The number of piperazine rings is 1. The lowest BCUT2D eigenvalue weighted by Gasteiger charge is -2.36. The number of likely N-dealkylation sites (N-methyl/N-ethyl adjacent to an activating group) is 1. The summed E-state index contributed by atoms with van der Waals surface area (Å²) in [5.41, 5.74) is 1.86. The van der Waals surface area contributed by atoms with Crippen LogP contribution in [0.2, 0.25) is 0 Å². The maximum atomic E-state index is 9.12. The Kier molecular flexibility index (Phi) is 4.57. The van der Waals surface area contributed by atoms with Crippen molar-refractivity contribution in [3.05, 3.63) is 29.8 Å². The summed E-state index contributed by atoms with van der Waals surface area (Å²) in [5.74, 6) is 0. The van der Waals surface area contributed by atoms with Gasteiger partial charge in [0, 0.05) is 39.3 Å². The molecule has 1 fully saturated rings. The van der Waals surface area contributed by atoms with Gasteiger partial charge in [0.2, 0.25) is 0 Å². The summed E-state index contributed by atoms with van der Waals surface area (Å²) >= 11 is 0. The molecule has 1 aromatic rings. The Bertz CT molecular complexity index is 416. The molecule has 0 aliphatic carbocycles. The number of nitrogens with zero attached hydrogens (tertiary/aromatic N) is 3. The Labute approximate surface area is 109 Å². The normalized spacial score (nSPS) is 16.6. The van der Waals surface area contributed by atoms with Crippen LogP contribution < -0.4 is 10.2 Å². The van der Waals surface area contributed by atoms with Gasteiger partial charge in [-0.2, -0.15) is 5.26 Å². The number of nitrogens with one attached hydrogen (secondary N) is 1. The summed E-state index contributed by atoms with van der Waals surface area (Å²) in [6, 6.07) is 10.1. The fourth-order valence-electron chi connectivity index (χ4n) is 2.33. The van der Waals surface area contributed by atoms with E-state index in [4.69, 9.17) is 5.26 Å². The number of nitriles is 1. The fourth-order valence-corrected chi connectivity index (χ4v) is 2.33. The molecule has 1 aliphatic rings. The molecule has 0 unspecified atom stereocenters. The Morgan fingerprint density at radius 2 is 1.94 bits per heavy atom. The summed E-state index contributed by atoms with van der Waals surface area (Å²) in [6.07, 6.45) is 0. The highest BCUT2D eigenvalue weighted by molar-refractivity contribution is 5.59. The third-order valence-corrected chi connectivity index (χ3v) is 3.42. The van der Waals surface area contributed by atoms with Crippen molar-refractivity contribution in [1.29, 1.82) is 5.26 Å². The van der Waals surface area contributed by atoms with Gasteiger partial charge >= 0.3 is 0 Å². The van der Waals surface area contributed by atoms with Gasteiger partial charge in [-0.15, -0.1) is 0 Å². The van der Waals surface area contributed by atoms with Gasteiger partial charge in [0.05, 0.1) is 11.3 Å². The first-order valence-electron chi connectivity index (χ1n) is 6.46. The van der Waals surface area contributed by atoms with E-state index in [9.17, 15) is 0 Å². The van der Waals surface area contributed by atoms with Gasteiger partial charge in [-0.3, -0.25) is 4.90 Å². The van der Waals surface area contributed by atoms with E-state index in [2.05, 4.69) is 21.2 Å². The van der Waals surface area contributed by atoms with Crippen LogP contribution in [-0.2, 0) is 0 Å². The summed E-state index contributed by atoms with van der Waals surface area (Å²) < 4.78 is 0. The molecule has 18 heavy (non-hydrogen) atoms. The highest BCUT2D eigenvalue weighted by Gasteiger charge is 2.18. The maximum Gasteiger partial charge on any atom is 0.101 e. The first kappa shape index (κ1) is 12.9. The highest BCUT2D eigenvalue weighted by Crippen LogP contribution is 2.20. The van der Waals surface area contributed by atoms with E-state index in [1.807, 2.05) is 31.3 Å². The van der Waals surface area contributed by atoms with E-state index in [0.717, 1.165) is 50.5 Å². The second-order valence-corrected chi connectivity index (χ2v) is 4.56. The van der Waals surface area contributed by atoms with E-state index in [1.165, 1.54) is 0 Å². The third-order valence-electron chi connectivity index (χ3n) is 3.42. The average molecular weight is 244 g/mol. The van der Waals surface area contributed by atoms with Gasteiger partial charge in [0.25, 0.3) is 0 Å². The van der Waals surface area contributed by atoms with Crippen LogP contribution >= 0.6 is 0 Å². The van der Waals surface area contributed by atoms with Crippen molar-refractivity contribution in [3.63, 3.8) is 0 Å². The largest absolute Gasteiger partial charge is 0.368 e. The molecule has 2 rings (SSSR count). The lowest BCUT2D eigenvalue weighted by Crippen LogP contribution is -2.48. The smallest absolute Gasteiger partial charge is 0.101 e. The van der Waals surface area contributed by atoms with Crippen LogP contribution in [0.4, 0.5) is 5.69 Å². The maximum absolute atomic E-state index is 9.12. The molecule has 4 heteroatoms. The van der Waals surface area contributed by atoms with E-state index >= 15 is 0 Å². The van der Waals surface area contributed by atoms with Crippen molar-refractivity contribution < 1.29 is 0 Å². The summed E-state index contributed by atoms with van der Waals surface area (Å²) in [4.78, 5) is 4.77. The zero-order valence-electron chi connectivity index (χ0n) is 10.9. The quantitative estimate of drug-likeness (QED) is 0.854. The molecule has 0 aromatic heterocycles. The number of hydrogen-bond acceptors (Lipinski definition) is 4. The molecule has 0 amide bonds. The zero-order valence-corrected chi connectivity index (χ0v) is 10.9. The lowest BCUT2D eigenvalue weighted by molar-refractivity contribution is 0.259. The van der Waals surface area contributed by atoms with Crippen LogP contribution in [0.3, 0.4) is 0 Å². The summed E-state index contributed by atoms with van der Waals surface area (Å²) in [7, 11) is 1.99.